The minimum absolute atomic E-state index is 0.629. The van der Waals surface area contributed by atoms with Gasteiger partial charge in [-0.2, -0.15) is 29.4 Å². The third-order valence-corrected chi connectivity index (χ3v) is 12.1. The minimum atomic E-state index is 0.629. The molecule has 10 aromatic heterocycles. The summed E-state index contributed by atoms with van der Waals surface area (Å²) in [6, 6.07) is 24.6. The lowest BCUT2D eigenvalue weighted by Crippen LogP contribution is -1.98. The molecule has 18 heteroatoms. The van der Waals surface area contributed by atoms with Gasteiger partial charge in [-0.15, -0.1) is 20.4 Å². The minimum Gasteiger partial charge on any atom is -0.275 e. The summed E-state index contributed by atoms with van der Waals surface area (Å²) in [5.74, 6) is 1.61. The summed E-state index contributed by atoms with van der Waals surface area (Å²) in [6.45, 7) is 0. The third kappa shape index (κ3) is 7.33. The normalized spacial score (nSPS) is 11.5. The van der Waals surface area contributed by atoms with Crippen LogP contribution in [-0.4, -0.2) is 79.1 Å². The molecular formula is C44H32N16S2. The van der Waals surface area contributed by atoms with E-state index < -0.39 is 0 Å². The van der Waals surface area contributed by atoms with Gasteiger partial charge in [0, 0.05) is 121 Å². The fourth-order valence-electron chi connectivity index (χ4n) is 7.15. The maximum absolute atomic E-state index is 4.71. The number of aryl methyl sites for hydroxylation is 2. The summed E-state index contributed by atoms with van der Waals surface area (Å²) in [6.07, 6.45) is 19.8. The van der Waals surface area contributed by atoms with Gasteiger partial charge in [0.05, 0.1) is 23.4 Å². The van der Waals surface area contributed by atoms with E-state index in [1.807, 2.05) is 109 Å². The summed E-state index contributed by atoms with van der Waals surface area (Å²) in [4.78, 5) is 19.1. The first-order valence-electron chi connectivity index (χ1n) is 19.4. The highest BCUT2D eigenvalue weighted by molar-refractivity contribution is 7.20. The van der Waals surface area contributed by atoms with E-state index in [2.05, 4.69) is 86.9 Å². The summed E-state index contributed by atoms with van der Waals surface area (Å²) < 4.78 is 7.23. The molecule has 0 aliphatic rings. The van der Waals surface area contributed by atoms with Gasteiger partial charge in [-0.3, -0.25) is 29.3 Å². The number of nitrogens with zero attached hydrogens (tertiary/aromatic N) is 16. The fraction of sp³-hybridized carbons (Fsp3) is 0.0909. The Morgan fingerprint density at radius 2 is 0.968 bits per heavy atom. The molecule has 0 radical (unpaired) electrons. The van der Waals surface area contributed by atoms with E-state index in [9.17, 15) is 0 Å². The lowest BCUT2D eigenvalue weighted by Gasteiger charge is -2.04. The predicted octanol–water partition coefficient (Wildman–Crippen LogP) is 7.57. The van der Waals surface area contributed by atoms with Gasteiger partial charge < -0.3 is 0 Å². The van der Waals surface area contributed by atoms with Crippen molar-refractivity contribution < 1.29 is 0 Å². The van der Waals surface area contributed by atoms with E-state index in [-0.39, 0.29) is 0 Å². The zero-order valence-electron chi connectivity index (χ0n) is 33.1. The number of rotatable bonds is 8. The zero-order valence-corrected chi connectivity index (χ0v) is 34.7. The molecule has 62 heavy (non-hydrogen) atoms. The van der Waals surface area contributed by atoms with Crippen LogP contribution >= 0.6 is 22.7 Å². The van der Waals surface area contributed by atoms with Crippen molar-refractivity contribution in [3.63, 3.8) is 0 Å². The van der Waals surface area contributed by atoms with E-state index in [0.29, 0.717) is 12.8 Å². The van der Waals surface area contributed by atoms with Crippen LogP contribution in [0.4, 0.5) is 0 Å². The summed E-state index contributed by atoms with van der Waals surface area (Å²) in [5.41, 5.74) is 10.3. The van der Waals surface area contributed by atoms with Crippen molar-refractivity contribution in [2.45, 2.75) is 12.8 Å². The molecule has 0 fully saturated rings. The van der Waals surface area contributed by atoms with Crippen molar-refractivity contribution in [2.24, 2.45) is 14.1 Å². The maximum Gasteiger partial charge on any atom is 0.234 e. The lowest BCUT2D eigenvalue weighted by atomic mass is 10.0. The van der Waals surface area contributed by atoms with Gasteiger partial charge >= 0.3 is 0 Å². The SMILES string of the molecule is Cn1cc(-c2cnc3ccc(Cc4nnc5sc(-c6cccnc6)nn45)cc3c2)cn1.Cn1cc(-c2cnc3ccc(Cc4nnc5sc(-c6cccnc6)nn45)cc3c2)cn1. The Hall–Kier alpha value is -7.96. The molecular weight excluding hydrogens is 817 g/mol. The molecule has 0 aliphatic heterocycles. The number of benzene rings is 2. The Kier molecular flexibility index (Phi) is 9.31. The van der Waals surface area contributed by atoms with Crippen molar-refractivity contribution in [1.29, 1.82) is 0 Å². The van der Waals surface area contributed by atoms with Crippen LogP contribution in [0.25, 0.3) is 75.1 Å². The molecule has 0 saturated heterocycles. The molecule has 0 bridgehead atoms. The van der Waals surface area contributed by atoms with Crippen LogP contribution in [-0.2, 0) is 26.9 Å². The highest BCUT2D eigenvalue weighted by Gasteiger charge is 2.16. The molecule has 0 N–H and O–H groups in total. The first-order chi connectivity index (χ1) is 30.5. The number of pyridine rings is 4. The molecule has 300 valence electrons. The zero-order chi connectivity index (χ0) is 41.6. The van der Waals surface area contributed by atoms with E-state index in [1.54, 1.807) is 21.8 Å². The lowest BCUT2D eigenvalue weighted by molar-refractivity contribution is 0.768. The molecule has 0 spiro atoms. The number of hydrogen-bond acceptors (Lipinski definition) is 14. The maximum atomic E-state index is 4.71. The molecule has 0 amide bonds. The smallest absolute Gasteiger partial charge is 0.234 e. The first kappa shape index (κ1) is 37.1. The number of hydrogen-bond donors (Lipinski definition) is 0. The topological polar surface area (TPSA) is 173 Å². The quantitative estimate of drug-likeness (QED) is 0.147. The second-order valence-electron chi connectivity index (χ2n) is 14.6. The molecule has 0 unspecified atom stereocenters. The largest absolute Gasteiger partial charge is 0.275 e. The van der Waals surface area contributed by atoms with Gasteiger partial charge in [-0.1, -0.05) is 34.8 Å². The van der Waals surface area contributed by atoms with Crippen molar-refractivity contribution in [2.75, 3.05) is 0 Å². The Balaban J connectivity index is 0.000000139. The number of fused-ring (bicyclic) bond motifs is 4. The van der Waals surface area contributed by atoms with Crippen molar-refractivity contribution >= 4 is 54.4 Å². The summed E-state index contributed by atoms with van der Waals surface area (Å²) >= 11 is 3.01. The van der Waals surface area contributed by atoms with Gasteiger partial charge in [0.2, 0.25) is 9.92 Å². The van der Waals surface area contributed by atoms with E-state index in [4.69, 9.17) is 10.2 Å². The Morgan fingerprint density at radius 3 is 1.39 bits per heavy atom. The van der Waals surface area contributed by atoms with Crippen LogP contribution < -0.4 is 0 Å². The second-order valence-corrected chi connectivity index (χ2v) is 16.5. The summed E-state index contributed by atoms with van der Waals surface area (Å²) in [5, 5.41) is 39.1. The highest BCUT2D eigenvalue weighted by atomic mass is 32.1. The monoisotopic (exact) mass is 848 g/mol. The van der Waals surface area contributed by atoms with E-state index in [1.165, 1.54) is 22.7 Å². The Labute approximate surface area is 359 Å². The van der Waals surface area contributed by atoms with Gasteiger partial charge in [-0.05, 0) is 71.8 Å². The van der Waals surface area contributed by atoms with Crippen LogP contribution in [0.1, 0.15) is 22.8 Å². The molecule has 12 rings (SSSR count). The van der Waals surface area contributed by atoms with Gasteiger partial charge in [0.25, 0.3) is 0 Å². The van der Waals surface area contributed by atoms with E-state index >= 15 is 0 Å². The Bertz CT molecular complexity index is 3290. The van der Waals surface area contributed by atoms with Crippen LogP contribution in [0.3, 0.4) is 0 Å². The van der Waals surface area contributed by atoms with Crippen molar-refractivity contribution in [3.05, 3.63) is 158 Å². The Morgan fingerprint density at radius 1 is 0.484 bits per heavy atom. The second kappa shape index (κ2) is 15.6. The van der Waals surface area contributed by atoms with Crippen molar-refractivity contribution in [1.82, 2.24) is 79.1 Å². The molecule has 0 atom stereocenters. The molecule has 16 nitrogen and oxygen atoms in total. The number of aromatic nitrogens is 16. The highest BCUT2D eigenvalue weighted by Crippen LogP contribution is 2.29. The molecule has 12 aromatic rings. The van der Waals surface area contributed by atoms with Crippen LogP contribution in [0.2, 0.25) is 0 Å². The van der Waals surface area contributed by atoms with Gasteiger partial charge in [0.1, 0.15) is 10.0 Å². The standard InChI is InChI=1S/2C22H16N8S/c2*1-29-13-18(12-25-29)17-9-16-7-14(4-5-19(16)24-11-17)8-20-26-27-22-30(20)28-21(31-22)15-3-2-6-23-10-15/h2*2-7,9-13H,8H2,1H3. The average molecular weight is 849 g/mol. The van der Waals surface area contributed by atoms with Gasteiger partial charge in [0.15, 0.2) is 11.6 Å². The first-order valence-corrected chi connectivity index (χ1v) is 21.1. The van der Waals surface area contributed by atoms with Gasteiger partial charge in [-0.25, -0.2) is 0 Å². The van der Waals surface area contributed by atoms with Crippen LogP contribution in [0.5, 0.6) is 0 Å². The molecule has 10 heterocycles. The van der Waals surface area contributed by atoms with E-state index in [0.717, 1.165) is 97.9 Å². The van der Waals surface area contributed by atoms with Crippen LogP contribution in [0, 0.1) is 0 Å². The third-order valence-electron chi connectivity index (χ3n) is 10.2. The average Bonchev–Trinajstić information content (AvgIpc) is 4.18. The van der Waals surface area contributed by atoms with Crippen LogP contribution in [0.15, 0.2) is 135 Å². The molecule has 0 saturated carbocycles. The predicted molar refractivity (Wildman–Crippen MR) is 237 cm³/mol. The molecule has 0 aliphatic carbocycles. The molecule has 2 aromatic carbocycles. The fourth-order valence-corrected chi connectivity index (χ4v) is 8.85. The summed E-state index contributed by atoms with van der Waals surface area (Å²) in [7, 11) is 3.82. The van der Waals surface area contributed by atoms with Crippen molar-refractivity contribution in [3.8, 4) is 43.4 Å².